The summed E-state index contributed by atoms with van der Waals surface area (Å²) in [6.07, 6.45) is 56.4. The Morgan fingerprint density at radius 1 is 0.324 bits per heavy atom. The molecule has 0 N–H and O–H groups in total. The van der Waals surface area contributed by atoms with Crippen molar-refractivity contribution >= 4 is 11.4 Å². The van der Waals surface area contributed by atoms with Crippen LogP contribution in [0.2, 0.25) is 9.79 Å². The van der Waals surface area contributed by atoms with Crippen LogP contribution in [0.15, 0.2) is 59.7 Å². The predicted octanol–water partition coefficient (Wildman–Crippen LogP) is 23.2. The second kappa shape index (κ2) is 45.1. The molecule has 3 rings (SSSR count). The monoisotopic (exact) mass is 1030 g/mol. The number of rotatable bonds is 45. The van der Waals surface area contributed by atoms with E-state index in [2.05, 4.69) is 90.1 Å². The van der Waals surface area contributed by atoms with Gasteiger partial charge in [0.15, 0.2) is 0 Å². The van der Waals surface area contributed by atoms with Crippen molar-refractivity contribution in [1.29, 1.82) is 0 Å². The van der Waals surface area contributed by atoms with Crippen molar-refractivity contribution in [1.82, 2.24) is 0 Å². The molecular weight excluding hydrogens is 915 g/mol. The molecule has 2 aromatic carbocycles. The minimum Gasteiger partial charge on any atom is -0.0654 e. The number of nitrogens with zero attached hydrogens (tertiary/aromatic N) is 2. The molecule has 68 heavy (non-hydrogen) atoms. The summed E-state index contributed by atoms with van der Waals surface area (Å²) in [6.45, 7) is 13.6. The molecule has 1 heterocycles. The Morgan fingerprint density at radius 3 is 0.941 bits per heavy atom. The van der Waals surface area contributed by atoms with E-state index in [1.807, 2.05) is 0 Å². The van der Waals surface area contributed by atoms with Crippen molar-refractivity contribution in [2.24, 2.45) is 0 Å². The maximum atomic E-state index is 11.8. The van der Waals surface area contributed by atoms with Crippen molar-refractivity contribution in [2.45, 2.75) is 315 Å². The predicted molar refractivity (Wildman–Crippen MR) is 301 cm³/mol. The molecule has 0 amide bonds. The fourth-order valence-electron chi connectivity index (χ4n) is 9.98. The Hall–Kier alpha value is -1.82. The number of benzene rings is 2. The van der Waals surface area contributed by atoms with Gasteiger partial charge in [0, 0.05) is 22.3 Å². The molecule has 0 atom stereocenters. The van der Waals surface area contributed by atoms with Crippen LogP contribution >= 0.6 is 0 Å². The van der Waals surface area contributed by atoms with Gasteiger partial charge in [0.25, 0.3) is 0 Å². The van der Waals surface area contributed by atoms with E-state index < -0.39 is 0 Å². The van der Waals surface area contributed by atoms with Crippen LogP contribution in [0.4, 0.5) is 0 Å². The van der Waals surface area contributed by atoms with E-state index in [-0.39, 0.29) is 0 Å². The first kappa shape index (κ1) is 62.3. The molecule has 392 valence electrons. The zero-order valence-electron chi connectivity index (χ0n) is 46.2. The molecule has 3 heteroatoms. The first-order valence-corrected chi connectivity index (χ1v) is 32.3. The molecule has 2 nitrogen and oxygen atoms in total. The van der Waals surface area contributed by atoms with Gasteiger partial charge < -0.3 is 5.53 Å². The molecule has 1 aliphatic heterocycles. The molecular formula is C65H112N2Pd. The topological polar surface area (TPSA) is 25.3 Å². The van der Waals surface area contributed by atoms with Gasteiger partial charge in [0.2, 0.25) is 11.4 Å². The zero-order valence-corrected chi connectivity index (χ0v) is 47.8. The summed E-state index contributed by atoms with van der Waals surface area (Å²) >= 11 is 1.06. The van der Waals surface area contributed by atoms with Gasteiger partial charge in [0.1, 0.15) is 0 Å². The Morgan fingerprint density at radius 2 is 0.603 bits per heavy atom. The van der Waals surface area contributed by atoms with Crippen LogP contribution in [-0.4, -0.2) is 4.70 Å². The van der Waals surface area contributed by atoms with Gasteiger partial charge in [0.05, 0.1) is 0 Å². The summed E-state index contributed by atoms with van der Waals surface area (Å²) < 4.78 is 1.55. The average Bonchev–Trinajstić information content (AvgIpc) is 3.64. The van der Waals surface area contributed by atoms with Crippen molar-refractivity contribution in [3.8, 4) is 0 Å². The van der Waals surface area contributed by atoms with Crippen LogP contribution in [0.1, 0.15) is 314 Å². The van der Waals surface area contributed by atoms with Crippen LogP contribution in [0, 0.1) is 0 Å². The number of hydrogen-bond acceptors (Lipinski definition) is 0. The summed E-state index contributed by atoms with van der Waals surface area (Å²) in [5, 5.41) is 0. The average molecular weight is 1030 g/mol. The SMILES string of the molecule is CCCCCC1=C(c2cccc(CCCC)c2)[N+](=[N-])C(c2cccc(CCCC)c2)=C1CCCC.CCCCCCCCCCCCCCC[CH2][Pd][CH2]CCCCCCCCCCCCCCC. The van der Waals surface area contributed by atoms with Gasteiger partial charge in [-0.3, -0.25) is 0 Å². The zero-order chi connectivity index (χ0) is 49.0. The molecule has 1 aliphatic rings. The van der Waals surface area contributed by atoms with Crippen LogP contribution in [0.25, 0.3) is 16.9 Å². The smallest absolute Gasteiger partial charge is 0.0654 e. The minimum absolute atomic E-state index is 1.01. The Kier molecular flexibility index (Phi) is 41.3. The second-order valence-corrected chi connectivity index (χ2v) is 23.1. The number of allylic oxidation sites excluding steroid dienone is 2. The number of unbranched alkanes of at least 4 members (excludes halogenated alkanes) is 31. The molecule has 0 aromatic heterocycles. The quantitative estimate of drug-likeness (QED) is 0.0359. The summed E-state index contributed by atoms with van der Waals surface area (Å²) in [4.78, 5) is 3.09. The number of hydrogen-bond donors (Lipinski definition) is 0. The summed E-state index contributed by atoms with van der Waals surface area (Å²) in [7, 11) is 0. The molecule has 2 aromatic rings. The van der Waals surface area contributed by atoms with Crippen LogP contribution in [-0.2, 0) is 30.8 Å². The fourth-order valence-corrected chi connectivity index (χ4v) is 11.9. The first-order valence-electron chi connectivity index (χ1n) is 30.1. The third-order valence-electron chi connectivity index (χ3n) is 14.4. The van der Waals surface area contributed by atoms with E-state index in [0.29, 0.717) is 0 Å². The van der Waals surface area contributed by atoms with E-state index in [9.17, 15) is 5.53 Å². The normalized spacial score (nSPS) is 12.8. The maximum absolute atomic E-state index is 11.8. The van der Waals surface area contributed by atoms with Crippen LogP contribution < -0.4 is 0 Å². The molecule has 0 saturated heterocycles. The van der Waals surface area contributed by atoms with Crippen LogP contribution in [0.5, 0.6) is 0 Å². The first-order chi connectivity index (χ1) is 33.6. The van der Waals surface area contributed by atoms with Gasteiger partial charge in [-0.05, 0) is 86.8 Å². The van der Waals surface area contributed by atoms with Crippen molar-refractivity contribution in [3.63, 3.8) is 0 Å². The molecule has 0 spiro atoms. The van der Waals surface area contributed by atoms with Crippen molar-refractivity contribution < 1.29 is 22.7 Å². The van der Waals surface area contributed by atoms with Gasteiger partial charge in [-0.2, -0.15) is 0 Å². The number of aryl methyl sites for hydroxylation is 2. The minimum atomic E-state index is 1.01. The summed E-state index contributed by atoms with van der Waals surface area (Å²) in [5.41, 5.74) is 21.6. The second-order valence-electron chi connectivity index (χ2n) is 20.8. The molecule has 0 unspecified atom stereocenters. The Labute approximate surface area is 433 Å². The van der Waals surface area contributed by atoms with E-state index >= 15 is 0 Å². The van der Waals surface area contributed by atoms with Gasteiger partial charge in [-0.15, -0.1) is 0 Å². The Balaban J connectivity index is 0.000000468. The van der Waals surface area contributed by atoms with E-state index in [0.717, 1.165) is 85.4 Å². The van der Waals surface area contributed by atoms with Crippen LogP contribution in [0.3, 0.4) is 0 Å². The van der Waals surface area contributed by atoms with Crippen molar-refractivity contribution in [3.05, 3.63) is 87.5 Å². The molecule has 0 radical (unpaired) electrons. The van der Waals surface area contributed by atoms with Gasteiger partial charge in [-0.1, -0.05) is 136 Å². The molecule has 0 fully saturated rings. The van der Waals surface area contributed by atoms with Gasteiger partial charge in [-0.25, -0.2) is 4.70 Å². The standard InChI is InChI=1S/C33H46N2.2C16H33.Pd/c1-5-9-13-23-31-30(22-12-8-4)32(28-20-14-18-26(24-28)16-10-6-2)35(34)33(31)29-21-15-19-27(25-29)17-11-7-3;2*1-3-5-7-9-11-13-15-16-14-12-10-8-6-4-2;/h14-15,18-21,24-25H,5-13,16-17,22-23H2,1-4H3;2*1,3-16H2,2H3;. The molecule has 0 aliphatic carbocycles. The fraction of sp³-hybridized carbons (Fsp3) is 0.754. The summed E-state index contributed by atoms with van der Waals surface area (Å²) in [5.74, 6) is 0. The third kappa shape index (κ3) is 29.5. The molecule has 0 bridgehead atoms. The van der Waals surface area contributed by atoms with E-state index in [1.54, 1.807) is 14.5 Å². The third-order valence-corrected chi connectivity index (χ3v) is 16.6. The van der Waals surface area contributed by atoms with E-state index in [4.69, 9.17) is 0 Å². The molecule has 0 saturated carbocycles. The summed E-state index contributed by atoms with van der Waals surface area (Å²) in [6, 6.07) is 17.8. The van der Waals surface area contributed by atoms with Crippen molar-refractivity contribution in [2.75, 3.05) is 0 Å². The van der Waals surface area contributed by atoms with E-state index in [1.165, 1.54) is 241 Å². The van der Waals surface area contributed by atoms with Gasteiger partial charge >= 0.3 is 169 Å². The Bertz CT molecular complexity index is 1520.